The molecule has 0 saturated carbocycles. The quantitative estimate of drug-likeness (QED) is 0.588. The molecular weight excluding hydrogens is 116 g/mol. The third-order valence-corrected chi connectivity index (χ3v) is 1.52. The summed E-state index contributed by atoms with van der Waals surface area (Å²) in [5.41, 5.74) is 0. The molecule has 0 bridgehead atoms. The molecule has 56 valence electrons. The zero-order valence-corrected chi connectivity index (χ0v) is 6.48. The highest BCUT2D eigenvalue weighted by Crippen LogP contribution is 2.15. The molecule has 1 N–H and O–H groups in total. The molecule has 0 aliphatic heterocycles. The van der Waals surface area contributed by atoms with Gasteiger partial charge in [-0.1, -0.05) is 13.8 Å². The Kier molecular flexibility index (Phi) is 3.82. The zero-order valence-electron chi connectivity index (χ0n) is 6.48. The average molecular weight is 132 g/mol. The minimum Gasteiger partial charge on any atom is -0.365 e. The summed E-state index contributed by atoms with van der Waals surface area (Å²) in [6.45, 7) is 6.30. The van der Waals surface area contributed by atoms with Crippen molar-refractivity contribution in [3.63, 3.8) is 0 Å². The van der Waals surface area contributed by atoms with Crippen LogP contribution in [0, 0.1) is 0 Å². The van der Waals surface area contributed by atoms with Crippen LogP contribution in [0.2, 0.25) is 0 Å². The lowest BCUT2D eigenvalue weighted by atomic mass is 10.1. The van der Waals surface area contributed by atoms with E-state index in [9.17, 15) is 5.11 Å². The van der Waals surface area contributed by atoms with E-state index in [0.717, 1.165) is 0 Å². The molecule has 0 aromatic carbocycles. The van der Waals surface area contributed by atoms with Gasteiger partial charge >= 0.3 is 0 Å². The van der Waals surface area contributed by atoms with Crippen molar-refractivity contribution >= 4 is 0 Å². The molecule has 2 heteroatoms. The maximum Gasteiger partial charge on any atom is 0.164 e. The molecule has 0 aliphatic carbocycles. The second kappa shape index (κ2) is 3.85. The van der Waals surface area contributed by atoms with Crippen LogP contribution >= 0.6 is 0 Å². The van der Waals surface area contributed by atoms with Gasteiger partial charge in [-0.3, -0.25) is 0 Å². The van der Waals surface area contributed by atoms with Crippen LogP contribution in [0.3, 0.4) is 0 Å². The fourth-order valence-electron chi connectivity index (χ4n) is 0.723. The highest BCUT2D eigenvalue weighted by atomic mass is 16.6. The lowest BCUT2D eigenvalue weighted by Crippen LogP contribution is -2.30. The van der Waals surface area contributed by atoms with Gasteiger partial charge < -0.3 is 9.84 Å². The predicted molar refractivity (Wildman–Crippen MR) is 37.2 cm³/mol. The van der Waals surface area contributed by atoms with Crippen LogP contribution in [-0.2, 0) is 4.74 Å². The fourth-order valence-corrected chi connectivity index (χ4v) is 0.723. The maximum absolute atomic E-state index is 9.41. The lowest BCUT2D eigenvalue weighted by Gasteiger charge is -2.24. The molecule has 9 heavy (non-hydrogen) atoms. The molecule has 0 amide bonds. The van der Waals surface area contributed by atoms with Crippen LogP contribution in [0.25, 0.3) is 0 Å². The lowest BCUT2D eigenvalue weighted by molar-refractivity contribution is -0.203. The summed E-state index contributed by atoms with van der Waals surface area (Å²) in [6.07, 6.45) is 1.33. The van der Waals surface area contributed by atoms with Gasteiger partial charge in [0, 0.05) is 6.61 Å². The Labute approximate surface area is 56.8 Å². The summed E-state index contributed by atoms with van der Waals surface area (Å²) in [6, 6.07) is 0. The van der Waals surface area contributed by atoms with Gasteiger partial charge in [0.2, 0.25) is 0 Å². The molecule has 0 heterocycles. The van der Waals surface area contributed by atoms with E-state index in [1.807, 2.05) is 20.8 Å². The van der Waals surface area contributed by atoms with E-state index >= 15 is 0 Å². The first-order valence-corrected chi connectivity index (χ1v) is 3.54. The van der Waals surface area contributed by atoms with Gasteiger partial charge in [-0.2, -0.15) is 0 Å². The number of rotatable bonds is 4. The van der Waals surface area contributed by atoms with Crippen molar-refractivity contribution in [1.82, 2.24) is 0 Å². The van der Waals surface area contributed by atoms with Crippen molar-refractivity contribution in [3.05, 3.63) is 0 Å². The summed E-state index contributed by atoms with van der Waals surface area (Å²) in [5.74, 6) is -0.866. The molecule has 0 unspecified atom stereocenters. The van der Waals surface area contributed by atoms with E-state index < -0.39 is 5.79 Å². The minimum absolute atomic E-state index is 0.582. The molecule has 0 rings (SSSR count). The van der Waals surface area contributed by atoms with Gasteiger partial charge in [-0.25, -0.2) is 0 Å². The van der Waals surface area contributed by atoms with Crippen LogP contribution in [0.5, 0.6) is 0 Å². The Balaban J connectivity index is 3.62. The van der Waals surface area contributed by atoms with E-state index in [0.29, 0.717) is 19.4 Å². The largest absolute Gasteiger partial charge is 0.365 e. The third kappa shape index (κ3) is 2.82. The molecule has 2 nitrogen and oxygen atoms in total. The van der Waals surface area contributed by atoms with Crippen LogP contribution in [0.4, 0.5) is 0 Å². The van der Waals surface area contributed by atoms with Crippen molar-refractivity contribution < 1.29 is 9.84 Å². The van der Waals surface area contributed by atoms with Crippen molar-refractivity contribution in [2.75, 3.05) is 6.61 Å². The van der Waals surface area contributed by atoms with Crippen LogP contribution < -0.4 is 0 Å². The highest BCUT2D eigenvalue weighted by molar-refractivity contribution is 4.60. The third-order valence-electron chi connectivity index (χ3n) is 1.52. The van der Waals surface area contributed by atoms with E-state index in [1.54, 1.807) is 0 Å². The Morgan fingerprint density at radius 1 is 1.22 bits per heavy atom. The van der Waals surface area contributed by atoms with Crippen molar-refractivity contribution in [3.8, 4) is 0 Å². The van der Waals surface area contributed by atoms with Crippen molar-refractivity contribution in [2.24, 2.45) is 0 Å². The molecule has 0 spiro atoms. The Morgan fingerprint density at radius 3 is 1.78 bits per heavy atom. The van der Waals surface area contributed by atoms with Gasteiger partial charge in [0.15, 0.2) is 5.79 Å². The van der Waals surface area contributed by atoms with Gasteiger partial charge in [-0.05, 0) is 19.8 Å². The Bertz CT molecular complexity index is 67.3. The van der Waals surface area contributed by atoms with Gasteiger partial charge in [0.1, 0.15) is 0 Å². The molecule has 0 aromatic heterocycles. The summed E-state index contributed by atoms with van der Waals surface area (Å²) in [4.78, 5) is 0. The van der Waals surface area contributed by atoms with Crippen LogP contribution in [-0.4, -0.2) is 17.5 Å². The molecule has 0 saturated heterocycles. The van der Waals surface area contributed by atoms with E-state index in [-0.39, 0.29) is 0 Å². The smallest absolute Gasteiger partial charge is 0.164 e. The van der Waals surface area contributed by atoms with E-state index in [2.05, 4.69) is 0 Å². The van der Waals surface area contributed by atoms with Gasteiger partial charge in [0.25, 0.3) is 0 Å². The zero-order chi connectivity index (χ0) is 7.33. The van der Waals surface area contributed by atoms with E-state index in [1.165, 1.54) is 0 Å². The minimum atomic E-state index is -0.866. The molecular formula is C7H16O2. The molecule has 0 atom stereocenters. The molecule has 0 fully saturated rings. The van der Waals surface area contributed by atoms with Crippen molar-refractivity contribution in [1.29, 1.82) is 0 Å². The van der Waals surface area contributed by atoms with E-state index in [4.69, 9.17) is 4.74 Å². The summed E-state index contributed by atoms with van der Waals surface area (Å²) >= 11 is 0. The predicted octanol–water partition coefficient (Wildman–Crippen LogP) is 1.53. The highest BCUT2D eigenvalue weighted by Gasteiger charge is 2.20. The van der Waals surface area contributed by atoms with Gasteiger partial charge in [-0.15, -0.1) is 0 Å². The average Bonchev–Trinajstić information content (AvgIpc) is 1.89. The van der Waals surface area contributed by atoms with Gasteiger partial charge in [0.05, 0.1) is 0 Å². The fraction of sp³-hybridized carbons (Fsp3) is 1.00. The summed E-state index contributed by atoms with van der Waals surface area (Å²) < 4.78 is 5.08. The first-order valence-electron chi connectivity index (χ1n) is 3.54. The monoisotopic (exact) mass is 132 g/mol. The standard InChI is InChI=1S/C7H16O2/c1-4-7(8,5-2)9-6-3/h8H,4-6H2,1-3H3. The van der Waals surface area contributed by atoms with Crippen molar-refractivity contribution in [2.45, 2.75) is 39.4 Å². The van der Waals surface area contributed by atoms with Crippen LogP contribution in [0.1, 0.15) is 33.6 Å². The number of aliphatic hydroxyl groups is 1. The second-order valence-corrected chi connectivity index (χ2v) is 2.09. The Hall–Kier alpha value is -0.0800. The molecule has 0 aliphatic rings. The second-order valence-electron chi connectivity index (χ2n) is 2.09. The summed E-state index contributed by atoms with van der Waals surface area (Å²) in [7, 11) is 0. The molecule has 0 aromatic rings. The first kappa shape index (κ1) is 8.92. The normalized spacial score (nSPS) is 12.0. The summed E-state index contributed by atoms with van der Waals surface area (Å²) in [5, 5.41) is 9.41. The number of ether oxygens (including phenoxy) is 1. The topological polar surface area (TPSA) is 29.5 Å². The first-order chi connectivity index (χ1) is 4.18. The molecule has 0 radical (unpaired) electrons. The van der Waals surface area contributed by atoms with Crippen LogP contribution in [0.15, 0.2) is 0 Å². The number of hydrogen-bond acceptors (Lipinski definition) is 2. The number of hydrogen-bond donors (Lipinski definition) is 1. The maximum atomic E-state index is 9.41. The Morgan fingerprint density at radius 2 is 1.67 bits per heavy atom. The SMILES string of the molecule is CCOC(O)(CC)CC.